The summed E-state index contributed by atoms with van der Waals surface area (Å²) in [6.45, 7) is 0. The fourth-order valence-electron chi connectivity index (χ4n) is 2.19. The van der Waals surface area contributed by atoms with Gasteiger partial charge in [-0.2, -0.15) is 0 Å². The van der Waals surface area contributed by atoms with Crippen molar-refractivity contribution >= 4 is 15.7 Å². The summed E-state index contributed by atoms with van der Waals surface area (Å²) in [6.07, 6.45) is 0.944. The summed E-state index contributed by atoms with van der Waals surface area (Å²) in [5.41, 5.74) is 3.35. The fourth-order valence-corrected chi connectivity index (χ4v) is 2.94. The first-order valence-electron chi connectivity index (χ1n) is 6.28. The molecule has 0 bridgehead atoms. The molecule has 116 valence electrons. The molecule has 7 heteroatoms. The van der Waals surface area contributed by atoms with Crippen LogP contribution in [0.15, 0.2) is 53.4 Å². The number of aliphatic hydroxyl groups is 1. The molecular weight excluding hydrogens is 306 g/mol. The Balaban J connectivity index is 2.66. The Morgan fingerprint density at radius 3 is 2.14 bits per heavy atom. The van der Waals surface area contributed by atoms with E-state index in [1.807, 2.05) is 0 Å². The number of hydrogen-bond acceptors (Lipinski definition) is 5. The van der Waals surface area contributed by atoms with Crippen molar-refractivity contribution in [3.05, 3.63) is 59.7 Å². The Kier molecular flexibility index (Phi) is 3.95. The van der Waals surface area contributed by atoms with Gasteiger partial charge < -0.3 is 15.9 Å². The second-order valence-corrected chi connectivity index (χ2v) is 6.88. The first kappa shape index (κ1) is 16.0. The van der Waals surface area contributed by atoms with E-state index >= 15 is 0 Å². The summed E-state index contributed by atoms with van der Waals surface area (Å²) in [7, 11) is -3.63. The molecule has 0 aromatic heterocycles. The van der Waals surface area contributed by atoms with Gasteiger partial charge in [-0.3, -0.25) is 4.79 Å². The van der Waals surface area contributed by atoms with Gasteiger partial charge in [-0.05, 0) is 17.7 Å². The van der Waals surface area contributed by atoms with Crippen LogP contribution < -0.4 is 5.73 Å². The number of primary amides is 1. The summed E-state index contributed by atoms with van der Waals surface area (Å²) in [6, 6.07) is 11.3. The zero-order valence-corrected chi connectivity index (χ0v) is 12.5. The minimum absolute atomic E-state index is 0.0175. The number of phenols is 1. The highest BCUT2D eigenvalue weighted by molar-refractivity contribution is 7.90. The molecule has 2 rings (SSSR count). The summed E-state index contributed by atoms with van der Waals surface area (Å²) in [5, 5.41) is 20.6. The predicted octanol–water partition coefficient (Wildman–Crippen LogP) is 0.517. The Labute approximate surface area is 127 Å². The smallest absolute Gasteiger partial charge is 0.258 e. The topological polar surface area (TPSA) is 118 Å². The third-order valence-electron chi connectivity index (χ3n) is 3.32. The molecule has 22 heavy (non-hydrogen) atoms. The van der Waals surface area contributed by atoms with E-state index in [1.165, 1.54) is 18.2 Å². The largest absolute Gasteiger partial charge is 0.507 e. The highest BCUT2D eigenvalue weighted by atomic mass is 32.2. The van der Waals surface area contributed by atoms with Crippen LogP contribution in [0, 0.1) is 0 Å². The van der Waals surface area contributed by atoms with E-state index in [0.717, 1.165) is 18.4 Å². The molecule has 0 saturated heterocycles. The lowest BCUT2D eigenvalue weighted by Crippen LogP contribution is -2.42. The number of benzene rings is 2. The van der Waals surface area contributed by atoms with E-state index in [-0.39, 0.29) is 16.0 Å². The van der Waals surface area contributed by atoms with Crippen LogP contribution in [0.2, 0.25) is 0 Å². The molecule has 4 N–H and O–H groups in total. The summed E-state index contributed by atoms with van der Waals surface area (Å²) in [5.74, 6) is -1.60. The van der Waals surface area contributed by atoms with Gasteiger partial charge in [0.15, 0.2) is 15.4 Å². The predicted molar refractivity (Wildman–Crippen MR) is 79.9 cm³/mol. The van der Waals surface area contributed by atoms with Crippen LogP contribution in [0.3, 0.4) is 0 Å². The molecule has 2 aromatic carbocycles. The van der Waals surface area contributed by atoms with Crippen LogP contribution in [-0.4, -0.2) is 30.8 Å². The summed E-state index contributed by atoms with van der Waals surface area (Å²) >= 11 is 0. The number of rotatable bonds is 4. The number of sulfone groups is 1. The molecule has 0 aliphatic rings. The van der Waals surface area contributed by atoms with Gasteiger partial charge in [0.25, 0.3) is 5.91 Å². The number of hydrogen-bond donors (Lipinski definition) is 3. The van der Waals surface area contributed by atoms with Gasteiger partial charge in [0, 0.05) is 11.8 Å². The first-order chi connectivity index (χ1) is 10.2. The van der Waals surface area contributed by atoms with Gasteiger partial charge in [-0.1, -0.05) is 36.4 Å². The molecule has 1 amide bonds. The highest BCUT2D eigenvalue weighted by Gasteiger charge is 2.38. The number of aromatic hydroxyl groups is 1. The minimum atomic E-state index is -3.63. The van der Waals surface area contributed by atoms with Crippen LogP contribution in [0.5, 0.6) is 5.75 Å². The molecular formula is C15H15NO5S. The molecule has 0 radical (unpaired) electrons. The van der Waals surface area contributed by atoms with Crippen LogP contribution in [0.4, 0.5) is 0 Å². The SMILES string of the molecule is CS(=O)(=O)c1ccc(C(O)(C(N)=O)c2ccccc2)cc1O. The first-order valence-corrected chi connectivity index (χ1v) is 8.18. The Hall–Kier alpha value is -2.38. The lowest BCUT2D eigenvalue weighted by molar-refractivity contribution is -0.133. The minimum Gasteiger partial charge on any atom is -0.507 e. The molecule has 6 nitrogen and oxygen atoms in total. The van der Waals surface area contributed by atoms with Crippen molar-refractivity contribution < 1.29 is 23.4 Å². The van der Waals surface area contributed by atoms with Crippen molar-refractivity contribution in [3.8, 4) is 5.75 Å². The lowest BCUT2D eigenvalue weighted by Gasteiger charge is -2.26. The van der Waals surface area contributed by atoms with E-state index in [1.54, 1.807) is 18.2 Å². The van der Waals surface area contributed by atoms with Gasteiger partial charge in [0.2, 0.25) is 0 Å². The molecule has 0 aliphatic carbocycles. The van der Waals surface area contributed by atoms with E-state index in [9.17, 15) is 23.4 Å². The zero-order valence-electron chi connectivity index (χ0n) is 11.7. The Morgan fingerprint density at radius 1 is 1.09 bits per heavy atom. The van der Waals surface area contributed by atoms with E-state index in [2.05, 4.69) is 0 Å². The molecule has 0 fully saturated rings. The monoisotopic (exact) mass is 321 g/mol. The molecule has 0 aliphatic heterocycles. The second kappa shape index (κ2) is 5.43. The lowest BCUT2D eigenvalue weighted by atomic mass is 9.85. The second-order valence-electron chi connectivity index (χ2n) is 4.90. The Morgan fingerprint density at radius 2 is 1.68 bits per heavy atom. The maximum absolute atomic E-state index is 11.8. The highest BCUT2D eigenvalue weighted by Crippen LogP contribution is 2.33. The third-order valence-corrected chi connectivity index (χ3v) is 4.47. The number of carbonyl (C=O) groups is 1. The van der Waals surface area contributed by atoms with E-state index < -0.39 is 27.1 Å². The number of amides is 1. The van der Waals surface area contributed by atoms with E-state index in [4.69, 9.17) is 5.73 Å². The molecule has 1 atom stereocenters. The van der Waals surface area contributed by atoms with Crippen molar-refractivity contribution in [3.63, 3.8) is 0 Å². The molecule has 0 heterocycles. The number of phenolic OH excluding ortho intramolecular Hbond substituents is 1. The van der Waals surface area contributed by atoms with Gasteiger partial charge in [-0.15, -0.1) is 0 Å². The Bertz CT molecular complexity index is 817. The van der Waals surface area contributed by atoms with Crippen LogP contribution in [0.25, 0.3) is 0 Å². The quantitative estimate of drug-likeness (QED) is 0.758. The van der Waals surface area contributed by atoms with Crippen molar-refractivity contribution in [1.82, 2.24) is 0 Å². The van der Waals surface area contributed by atoms with Gasteiger partial charge in [0.05, 0.1) is 0 Å². The van der Waals surface area contributed by atoms with Gasteiger partial charge >= 0.3 is 0 Å². The third kappa shape index (κ3) is 2.68. The van der Waals surface area contributed by atoms with E-state index in [0.29, 0.717) is 0 Å². The molecule has 0 spiro atoms. The van der Waals surface area contributed by atoms with Crippen LogP contribution in [-0.2, 0) is 20.2 Å². The number of carbonyl (C=O) groups excluding carboxylic acids is 1. The molecule has 2 aromatic rings. The fraction of sp³-hybridized carbons (Fsp3) is 0.133. The maximum atomic E-state index is 11.8. The van der Waals surface area contributed by atoms with Crippen molar-refractivity contribution in [2.75, 3.05) is 6.26 Å². The number of nitrogens with two attached hydrogens (primary N) is 1. The van der Waals surface area contributed by atoms with Gasteiger partial charge in [-0.25, -0.2) is 8.42 Å². The average molecular weight is 321 g/mol. The van der Waals surface area contributed by atoms with Gasteiger partial charge in [0.1, 0.15) is 10.6 Å². The standard InChI is InChI=1S/C15H15NO5S/c1-22(20,21)13-8-7-11(9-12(13)17)15(19,14(16)18)10-5-3-2-4-6-10/h2-9,17,19H,1H3,(H2,16,18). The van der Waals surface area contributed by atoms with Crippen LogP contribution in [0.1, 0.15) is 11.1 Å². The normalized spacial score (nSPS) is 14.3. The average Bonchev–Trinajstić information content (AvgIpc) is 2.45. The zero-order chi connectivity index (χ0) is 16.5. The summed E-state index contributed by atoms with van der Waals surface area (Å²) < 4.78 is 23.0. The maximum Gasteiger partial charge on any atom is 0.258 e. The molecule has 1 unspecified atom stereocenters. The van der Waals surface area contributed by atoms with Crippen molar-refractivity contribution in [2.24, 2.45) is 5.73 Å². The van der Waals surface area contributed by atoms with Crippen LogP contribution >= 0.6 is 0 Å². The summed E-state index contributed by atoms with van der Waals surface area (Å²) in [4.78, 5) is 11.5. The van der Waals surface area contributed by atoms with Crippen molar-refractivity contribution in [1.29, 1.82) is 0 Å². The van der Waals surface area contributed by atoms with Crippen molar-refractivity contribution in [2.45, 2.75) is 10.5 Å². The molecule has 0 saturated carbocycles.